The average molecular weight is 511 g/mol. The van der Waals surface area contributed by atoms with Gasteiger partial charge in [-0.2, -0.15) is 5.10 Å². The highest BCUT2D eigenvalue weighted by molar-refractivity contribution is 6.02. The molecule has 4 aromatic rings. The summed E-state index contributed by atoms with van der Waals surface area (Å²) >= 11 is 0. The van der Waals surface area contributed by atoms with Crippen LogP contribution in [0.1, 0.15) is 6.42 Å². The van der Waals surface area contributed by atoms with Crippen molar-refractivity contribution < 1.29 is 9.53 Å². The molecular weight excluding hydrogens is 480 g/mol. The standard InChI is InChI=1S/C28H30N8O2/c1-4-27(37)31-21-13-22(26(38-3)14-24(21)35-12-9-18-16-34(2)17-25(18)35)33-28-29-10-8-20(32-28)19-15-30-36-11-6-5-7-23(19)36/h4-8,10-11,13-15,18,25H,1,9,12,16-17H2,2-3H3,(H,31,37)(H,29,32,33)/t18-,25+/m1/s1. The number of amides is 1. The quantitative estimate of drug-likeness (QED) is 0.362. The van der Waals surface area contributed by atoms with Crippen LogP contribution in [0.15, 0.2) is 67.6 Å². The molecule has 2 N–H and O–H groups in total. The van der Waals surface area contributed by atoms with Gasteiger partial charge in [-0.15, -0.1) is 0 Å². The Morgan fingerprint density at radius 3 is 2.95 bits per heavy atom. The topological polar surface area (TPSA) is 99.9 Å². The highest BCUT2D eigenvalue weighted by atomic mass is 16.5. The Bertz CT molecular complexity index is 1520. The van der Waals surface area contributed by atoms with Crippen molar-refractivity contribution in [1.82, 2.24) is 24.5 Å². The number of ether oxygens (including phenoxy) is 1. The van der Waals surface area contributed by atoms with E-state index in [0.29, 0.717) is 35.0 Å². The van der Waals surface area contributed by atoms with E-state index in [1.165, 1.54) is 6.08 Å². The van der Waals surface area contributed by atoms with E-state index in [1.54, 1.807) is 19.5 Å². The van der Waals surface area contributed by atoms with Crippen molar-refractivity contribution in [3.05, 3.63) is 67.6 Å². The lowest BCUT2D eigenvalue weighted by Crippen LogP contribution is -2.35. The third-order valence-electron chi connectivity index (χ3n) is 7.41. The molecule has 0 unspecified atom stereocenters. The number of rotatable bonds is 7. The molecule has 0 saturated carbocycles. The molecule has 38 heavy (non-hydrogen) atoms. The minimum atomic E-state index is -0.270. The second kappa shape index (κ2) is 9.79. The van der Waals surface area contributed by atoms with Crippen molar-refractivity contribution in [1.29, 1.82) is 0 Å². The molecule has 2 atom stereocenters. The zero-order chi connectivity index (χ0) is 26.2. The maximum Gasteiger partial charge on any atom is 0.247 e. The van der Waals surface area contributed by atoms with E-state index in [-0.39, 0.29) is 5.91 Å². The molecule has 1 aromatic carbocycles. The Labute approximate surface area is 220 Å². The number of carbonyl (C=O) groups excluding carboxylic acids is 1. The number of benzene rings is 1. The van der Waals surface area contributed by atoms with Crippen molar-refractivity contribution >= 4 is 34.4 Å². The van der Waals surface area contributed by atoms with Crippen molar-refractivity contribution in [2.75, 3.05) is 49.3 Å². The second-order valence-electron chi connectivity index (χ2n) is 9.77. The molecule has 2 saturated heterocycles. The van der Waals surface area contributed by atoms with Crippen LogP contribution >= 0.6 is 0 Å². The molecule has 0 spiro atoms. The summed E-state index contributed by atoms with van der Waals surface area (Å²) in [5, 5.41) is 10.7. The average Bonchev–Trinajstić information content (AvgIpc) is 3.63. The van der Waals surface area contributed by atoms with Gasteiger partial charge in [-0.3, -0.25) is 4.79 Å². The molecule has 0 bridgehead atoms. The smallest absolute Gasteiger partial charge is 0.247 e. The SMILES string of the molecule is C=CC(=O)Nc1cc(Nc2nccc(-c3cnn4ccccc34)n2)c(OC)cc1N1CC[C@@H]2CN(C)C[C@@H]21. The predicted octanol–water partition coefficient (Wildman–Crippen LogP) is 3.81. The van der Waals surface area contributed by atoms with Gasteiger partial charge in [0.25, 0.3) is 0 Å². The van der Waals surface area contributed by atoms with Gasteiger partial charge in [-0.1, -0.05) is 12.6 Å². The number of hydrogen-bond acceptors (Lipinski definition) is 8. The predicted molar refractivity (Wildman–Crippen MR) is 148 cm³/mol. The van der Waals surface area contributed by atoms with E-state index in [2.05, 4.69) is 44.1 Å². The molecule has 10 nitrogen and oxygen atoms in total. The molecular formula is C28H30N8O2. The van der Waals surface area contributed by atoms with Gasteiger partial charge in [0.05, 0.1) is 41.6 Å². The summed E-state index contributed by atoms with van der Waals surface area (Å²) < 4.78 is 7.61. The Morgan fingerprint density at radius 2 is 2.11 bits per heavy atom. The van der Waals surface area contributed by atoms with Crippen LogP contribution in [0.3, 0.4) is 0 Å². The molecule has 3 aromatic heterocycles. The normalized spacial score (nSPS) is 18.9. The van der Waals surface area contributed by atoms with Gasteiger partial charge in [0.15, 0.2) is 0 Å². The van der Waals surface area contributed by atoms with E-state index in [1.807, 2.05) is 47.1 Å². The molecule has 10 heteroatoms. The maximum atomic E-state index is 12.4. The monoisotopic (exact) mass is 510 g/mol. The first kappa shape index (κ1) is 23.9. The maximum absolute atomic E-state index is 12.4. The Morgan fingerprint density at radius 1 is 1.21 bits per heavy atom. The molecule has 194 valence electrons. The van der Waals surface area contributed by atoms with Gasteiger partial charge in [0, 0.05) is 49.7 Å². The summed E-state index contributed by atoms with van der Waals surface area (Å²) in [5.41, 5.74) is 4.87. The lowest BCUT2D eigenvalue weighted by atomic mass is 10.0. The number of nitrogens with zero attached hydrogens (tertiary/aromatic N) is 6. The van der Waals surface area contributed by atoms with Crippen LogP contribution in [0.5, 0.6) is 5.75 Å². The first-order chi connectivity index (χ1) is 18.5. The van der Waals surface area contributed by atoms with Crippen LogP contribution in [0.25, 0.3) is 16.8 Å². The summed E-state index contributed by atoms with van der Waals surface area (Å²) in [6.07, 6.45) is 7.80. The van der Waals surface area contributed by atoms with Crippen LogP contribution in [0.4, 0.5) is 23.0 Å². The third-order valence-corrected chi connectivity index (χ3v) is 7.41. The summed E-state index contributed by atoms with van der Waals surface area (Å²) in [7, 11) is 3.80. The van der Waals surface area contributed by atoms with E-state index >= 15 is 0 Å². The number of likely N-dealkylation sites (tertiary alicyclic amines) is 1. The molecule has 6 rings (SSSR count). The fourth-order valence-corrected chi connectivity index (χ4v) is 5.65. The first-order valence-corrected chi connectivity index (χ1v) is 12.7. The minimum absolute atomic E-state index is 0.270. The fraction of sp³-hybridized carbons (Fsp3) is 0.286. The van der Waals surface area contributed by atoms with E-state index in [9.17, 15) is 4.79 Å². The largest absolute Gasteiger partial charge is 0.494 e. The molecule has 2 fully saturated rings. The van der Waals surface area contributed by atoms with E-state index in [4.69, 9.17) is 9.72 Å². The van der Waals surface area contributed by atoms with E-state index < -0.39 is 0 Å². The lowest BCUT2D eigenvalue weighted by molar-refractivity contribution is -0.111. The summed E-state index contributed by atoms with van der Waals surface area (Å²) in [4.78, 5) is 26.3. The number of likely N-dealkylation sites (N-methyl/N-ethyl adjacent to an activating group) is 1. The molecule has 2 aliphatic heterocycles. The molecule has 5 heterocycles. The third kappa shape index (κ3) is 4.32. The molecule has 2 aliphatic rings. The van der Waals surface area contributed by atoms with Gasteiger partial charge in [-0.05, 0) is 49.7 Å². The number of carbonyl (C=O) groups is 1. The highest BCUT2D eigenvalue weighted by Crippen LogP contribution is 2.43. The number of nitrogens with one attached hydrogen (secondary N) is 2. The number of aromatic nitrogens is 4. The number of anilines is 4. The molecule has 0 radical (unpaired) electrons. The lowest BCUT2D eigenvalue weighted by Gasteiger charge is -2.29. The second-order valence-corrected chi connectivity index (χ2v) is 9.77. The van der Waals surface area contributed by atoms with Crippen molar-refractivity contribution in [2.45, 2.75) is 12.5 Å². The first-order valence-electron chi connectivity index (χ1n) is 12.7. The zero-order valence-corrected chi connectivity index (χ0v) is 21.5. The van der Waals surface area contributed by atoms with Crippen molar-refractivity contribution in [2.24, 2.45) is 5.92 Å². The van der Waals surface area contributed by atoms with Gasteiger partial charge >= 0.3 is 0 Å². The van der Waals surface area contributed by atoms with Crippen LogP contribution in [0.2, 0.25) is 0 Å². The molecule has 1 amide bonds. The summed E-state index contributed by atoms with van der Waals surface area (Å²) in [6.45, 7) is 6.64. The minimum Gasteiger partial charge on any atom is -0.494 e. The Hall–Kier alpha value is -4.44. The summed E-state index contributed by atoms with van der Waals surface area (Å²) in [5.74, 6) is 1.38. The highest BCUT2D eigenvalue weighted by Gasteiger charge is 2.41. The van der Waals surface area contributed by atoms with Gasteiger partial charge in [0.1, 0.15) is 5.75 Å². The number of hydrogen-bond donors (Lipinski definition) is 2. The van der Waals surface area contributed by atoms with Gasteiger partial charge in [-0.25, -0.2) is 14.5 Å². The van der Waals surface area contributed by atoms with E-state index in [0.717, 1.165) is 48.5 Å². The van der Waals surface area contributed by atoms with Crippen molar-refractivity contribution in [3.8, 4) is 17.0 Å². The number of methoxy groups -OCH3 is 1. The van der Waals surface area contributed by atoms with Crippen LogP contribution in [0, 0.1) is 5.92 Å². The Balaban J connectivity index is 1.36. The van der Waals surface area contributed by atoms with Crippen molar-refractivity contribution in [3.63, 3.8) is 0 Å². The fourth-order valence-electron chi connectivity index (χ4n) is 5.65. The van der Waals surface area contributed by atoms with Crippen LogP contribution in [-0.4, -0.2) is 70.2 Å². The number of fused-ring (bicyclic) bond motifs is 2. The number of pyridine rings is 1. The zero-order valence-electron chi connectivity index (χ0n) is 21.5. The summed E-state index contributed by atoms with van der Waals surface area (Å²) in [6, 6.07) is 12.0. The van der Waals surface area contributed by atoms with Gasteiger partial charge < -0.3 is 25.2 Å². The van der Waals surface area contributed by atoms with Crippen LogP contribution in [-0.2, 0) is 4.79 Å². The Kier molecular flexibility index (Phi) is 6.16. The molecule has 0 aliphatic carbocycles. The van der Waals surface area contributed by atoms with Gasteiger partial charge in [0.2, 0.25) is 11.9 Å². The van der Waals surface area contributed by atoms with Crippen LogP contribution < -0.4 is 20.3 Å².